The Bertz CT molecular complexity index is 772. The summed E-state index contributed by atoms with van der Waals surface area (Å²) in [7, 11) is 1.68. The Morgan fingerprint density at radius 3 is 2.70 bits per heavy atom. The molecule has 3 rings (SSSR count). The van der Waals surface area contributed by atoms with Gasteiger partial charge < -0.3 is 4.74 Å². The molecule has 20 heavy (non-hydrogen) atoms. The first-order valence-corrected chi connectivity index (χ1v) is 6.48. The predicted octanol–water partition coefficient (Wildman–Crippen LogP) is 4.55. The minimum atomic E-state index is 0.834. The molecule has 0 bridgehead atoms. The van der Waals surface area contributed by atoms with Crippen LogP contribution in [0.2, 0.25) is 0 Å². The molecule has 0 radical (unpaired) electrons. The van der Waals surface area contributed by atoms with Crippen LogP contribution in [0.25, 0.3) is 28.1 Å². The van der Waals surface area contributed by atoms with E-state index in [0.717, 1.165) is 33.3 Å². The maximum absolute atomic E-state index is 5.52. The van der Waals surface area contributed by atoms with E-state index in [4.69, 9.17) is 4.74 Å². The van der Waals surface area contributed by atoms with Crippen LogP contribution in [0.3, 0.4) is 0 Å². The number of hydrogen-bond acceptors (Lipinski definition) is 2. The Morgan fingerprint density at radius 2 is 1.90 bits per heavy atom. The average molecular weight is 261 g/mol. The number of para-hydroxylation sites is 1. The van der Waals surface area contributed by atoms with E-state index in [0.29, 0.717) is 0 Å². The third-order valence-electron chi connectivity index (χ3n) is 3.38. The quantitative estimate of drug-likeness (QED) is 0.690. The summed E-state index contributed by atoms with van der Waals surface area (Å²) in [4.78, 5) is 4.50. The van der Waals surface area contributed by atoms with Gasteiger partial charge in [-0.3, -0.25) is 4.98 Å². The molecule has 0 N–H and O–H groups in total. The van der Waals surface area contributed by atoms with Crippen molar-refractivity contribution in [1.82, 2.24) is 4.98 Å². The van der Waals surface area contributed by atoms with Gasteiger partial charge in [0.15, 0.2) is 0 Å². The van der Waals surface area contributed by atoms with Crippen molar-refractivity contribution >= 4 is 17.0 Å². The highest BCUT2D eigenvalue weighted by Gasteiger charge is 2.10. The second kappa shape index (κ2) is 5.17. The van der Waals surface area contributed by atoms with Crippen LogP contribution in [0.1, 0.15) is 5.56 Å². The van der Waals surface area contributed by atoms with E-state index < -0.39 is 0 Å². The Balaban J connectivity index is 2.28. The van der Waals surface area contributed by atoms with Gasteiger partial charge in [0.25, 0.3) is 0 Å². The number of benzene rings is 2. The lowest BCUT2D eigenvalue weighted by atomic mass is 9.99. The Labute approximate surface area is 118 Å². The van der Waals surface area contributed by atoms with E-state index in [2.05, 4.69) is 35.8 Å². The topological polar surface area (TPSA) is 22.1 Å². The van der Waals surface area contributed by atoms with Gasteiger partial charge in [0.2, 0.25) is 0 Å². The summed E-state index contributed by atoms with van der Waals surface area (Å²) in [5, 5.41) is 1.12. The molecule has 0 atom stereocenters. The third-order valence-corrected chi connectivity index (χ3v) is 3.38. The summed E-state index contributed by atoms with van der Waals surface area (Å²) in [6, 6.07) is 16.3. The van der Waals surface area contributed by atoms with Crippen molar-refractivity contribution in [3.05, 3.63) is 66.9 Å². The number of fused-ring (bicyclic) bond motifs is 1. The normalized spacial score (nSPS) is 10.4. The summed E-state index contributed by atoms with van der Waals surface area (Å²) >= 11 is 0. The molecule has 0 saturated carbocycles. The van der Waals surface area contributed by atoms with E-state index in [1.807, 2.05) is 36.5 Å². The van der Waals surface area contributed by atoms with Gasteiger partial charge in [-0.2, -0.15) is 0 Å². The zero-order valence-electron chi connectivity index (χ0n) is 11.3. The highest BCUT2D eigenvalue weighted by Crippen LogP contribution is 2.34. The van der Waals surface area contributed by atoms with Gasteiger partial charge in [0, 0.05) is 22.7 Å². The maximum Gasteiger partial charge on any atom is 0.127 e. The van der Waals surface area contributed by atoms with Crippen molar-refractivity contribution in [1.29, 1.82) is 0 Å². The summed E-state index contributed by atoms with van der Waals surface area (Å²) in [6.45, 7) is 3.79. The summed E-state index contributed by atoms with van der Waals surface area (Å²) in [5.74, 6) is 0.834. The molecule has 0 amide bonds. The average Bonchev–Trinajstić information content (AvgIpc) is 2.53. The van der Waals surface area contributed by atoms with Gasteiger partial charge >= 0.3 is 0 Å². The van der Waals surface area contributed by atoms with Crippen LogP contribution in [0, 0.1) is 0 Å². The van der Waals surface area contributed by atoms with E-state index in [1.54, 1.807) is 7.11 Å². The van der Waals surface area contributed by atoms with Crippen LogP contribution in [-0.2, 0) is 0 Å². The van der Waals surface area contributed by atoms with Crippen molar-refractivity contribution < 1.29 is 4.74 Å². The molecule has 2 nitrogen and oxygen atoms in total. The van der Waals surface area contributed by atoms with Crippen molar-refractivity contribution in [2.24, 2.45) is 0 Å². The zero-order valence-corrected chi connectivity index (χ0v) is 11.3. The second-order valence-electron chi connectivity index (χ2n) is 4.54. The monoisotopic (exact) mass is 261 g/mol. The van der Waals surface area contributed by atoms with Gasteiger partial charge in [0.1, 0.15) is 5.75 Å². The highest BCUT2D eigenvalue weighted by molar-refractivity contribution is 5.95. The van der Waals surface area contributed by atoms with E-state index >= 15 is 0 Å². The lowest BCUT2D eigenvalue weighted by molar-refractivity contribution is 0.416. The van der Waals surface area contributed by atoms with Gasteiger partial charge in [0.05, 0.1) is 12.6 Å². The standard InChI is InChI=1S/C18H15NO/c1-3-13-9-10-15(17(12-13)20-2)16-8-4-6-14-7-5-11-19-18(14)16/h3-12H,1H2,2H3. The molecule has 0 saturated heterocycles. The first kappa shape index (κ1) is 12.4. The molecule has 1 heterocycles. The van der Waals surface area contributed by atoms with Gasteiger partial charge in [-0.1, -0.05) is 43.0 Å². The van der Waals surface area contributed by atoms with Crippen LogP contribution in [0.5, 0.6) is 5.75 Å². The van der Waals surface area contributed by atoms with Gasteiger partial charge in [-0.05, 0) is 23.8 Å². The van der Waals surface area contributed by atoms with Crippen LogP contribution in [0.15, 0.2) is 61.3 Å². The zero-order chi connectivity index (χ0) is 13.9. The molecule has 0 aliphatic heterocycles. The number of methoxy groups -OCH3 is 1. The smallest absolute Gasteiger partial charge is 0.127 e. The molecule has 0 fully saturated rings. The second-order valence-corrected chi connectivity index (χ2v) is 4.54. The third kappa shape index (κ3) is 2.05. The Morgan fingerprint density at radius 1 is 1.05 bits per heavy atom. The number of hydrogen-bond donors (Lipinski definition) is 0. The fraction of sp³-hybridized carbons (Fsp3) is 0.0556. The van der Waals surface area contributed by atoms with Crippen molar-refractivity contribution in [2.45, 2.75) is 0 Å². The minimum Gasteiger partial charge on any atom is -0.496 e. The van der Waals surface area contributed by atoms with Gasteiger partial charge in [-0.15, -0.1) is 0 Å². The molecule has 2 heteroatoms. The fourth-order valence-electron chi connectivity index (χ4n) is 2.38. The summed E-state index contributed by atoms with van der Waals surface area (Å²) in [6.07, 6.45) is 3.63. The van der Waals surface area contributed by atoms with E-state index in [-0.39, 0.29) is 0 Å². The number of rotatable bonds is 3. The predicted molar refractivity (Wildman–Crippen MR) is 83.8 cm³/mol. The largest absolute Gasteiger partial charge is 0.496 e. The van der Waals surface area contributed by atoms with E-state index in [9.17, 15) is 0 Å². The molecule has 3 aromatic rings. The van der Waals surface area contributed by atoms with Crippen molar-refractivity contribution in [2.75, 3.05) is 7.11 Å². The lowest BCUT2D eigenvalue weighted by Gasteiger charge is -2.11. The molecule has 0 aliphatic rings. The fourth-order valence-corrected chi connectivity index (χ4v) is 2.38. The van der Waals surface area contributed by atoms with Crippen molar-refractivity contribution in [3.63, 3.8) is 0 Å². The number of nitrogens with zero attached hydrogens (tertiary/aromatic N) is 1. The minimum absolute atomic E-state index is 0.834. The van der Waals surface area contributed by atoms with Crippen LogP contribution in [-0.4, -0.2) is 12.1 Å². The number of pyridine rings is 1. The number of aromatic nitrogens is 1. The molecule has 1 aromatic heterocycles. The molecular weight excluding hydrogens is 246 g/mol. The summed E-state index contributed by atoms with van der Waals surface area (Å²) in [5.41, 5.74) is 4.15. The lowest BCUT2D eigenvalue weighted by Crippen LogP contribution is -1.91. The molecular formula is C18H15NO. The van der Waals surface area contributed by atoms with Crippen molar-refractivity contribution in [3.8, 4) is 16.9 Å². The Kier molecular flexibility index (Phi) is 3.21. The maximum atomic E-state index is 5.52. The SMILES string of the molecule is C=Cc1ccc(-c2cccc3cccnc23)c(OC)c1. The Hall–Kier alpha value is -2.61. The molecule has 98 valence electrons. The summed E-state index contributed by atoms with van der Waals surface area (Å²) < 4.78 is 5.52. The first-order chi connectivity index (χ1) is 9.83. The molecule has 0 unspecified atom stereocenters. The van der Waals surface area contributed by atoms with Gasteiger partial charge in [-0.25, -0.2) is 0 Å². The van der Waals surface area contributed by atoms with Crippen LogP contribution in [0.4, 0.5) is 0 Å². The molecule has 0 aliphatic carbocycles. The number of ether oxygens (including phenoxy) is 1. The first-order valence-electron chi connectivity index (χ1n) is 6.48. The van der Waals surface area contributed by atoms with E-state index in [1.165, 1.54) is 0 Å². The highest BCUT2D eigenvalue weighted by atomic mass is 16.5. The van der Waals surface area contributed by atoms with Crippen LogP contribution < -0.4 is 4.74 Å². The molecule has 2 aromatic carbocycles. The molecule has 0 spiro atoms. The van der Waals surface area contributed by atoms with Crippen LogP contribution >= 0.6 is 0 Å².